The molecular weight excluding hydrogens is 357 g/mol. The number of benzene rings is 2. The molecule has 1 aromatic heterocycles. The highest BCUT2D eigenvalue weighted by Crippen LogP contribution is 2.14. The summed E-state index contributed by atoms with van der Waals surface area (Å²) in [6, 6.07) is 17.5. The number of methoxy groups -OCH3 is 1. The summed E-state index contributed by atoms with van der Waals surface area (Å²) in [6.07, 6.45) is 2.66. The first-order valence-electron chi connectivity index (χ1n) is 8.99. The first-order valence-corrected chi connectivity index (χ1v) is 8.99. The van der Waals surface area contributed by atoms with Crippen LogP contribution in [0.25, 0.3) is 0 Å². The minimum Gasteiger partial charge on any atom is -0.497 e. The molecule has 0 saturated carbocycles. The third-order valence-corrected chi connectivity index (χ3v) is 4.20. The minimum atomic E-state index is -0.233. The zero-order valence-corrected chi connectivity index (χ0v) is 15.6. The van der Waals surface area contributed by atoms with Crippen molar-refractivity contribution >= 4 is 17.4 Å². The van der Waals surface area contributed by atoms with Gasteiger partial charge in [0.1, 0.15) is 17.4 Å². The lowest BCUT2D eigenvalue weighted by atomic mass is 10.1. The Morgan fingerprint density at radius 3 is 2.36 bits per heavy atom. The van der Waals surface area contributed by atoms with E-state index in [0.717, 1.165) is 29.1 Å². The molecule has 2 aromatic carbocycles. The second-order valence-corrected chi connectivity index (χ2v) is 6.31. The van der Waals surface area contributed by atoms with E-state index in [4.69, 9.17) is 4.74 Å². The van der Waals surface area contributed by atoms with Crippen molar-refractivity contribution in [3.63, 3.8) is 0 Å². The highest BCUT2D eigenvalue weighted by atomic mass is 19.1. The summed E-state index contributed by atoms with van der Waals surface area (Å²) in [5.74, 6) is 1.14. The number of nitrogens with zero attached hydrogens (tertiary/aromatic N) is 1. The Labute approximate surface area is 163 Å². The first-order chi connectivity index (χ1) is 13.6. The van der Waals surface area contributed by atoms with E-state index in [2.05, 4.69) is 15.6 Å². The topological polar surface area (TPSA) is 63.2 Å². The summed E-state index contributed by atoms with van der Waals surface area (Å²) in [7, 11) is 1.61. The van der Waals surface area contributed by atoms with Crippen molar-refractivity contribution in [1.82, 2.24) is 4.98 Å². The monoisotopic (exact) mass is 379 g/mol. The van der Waals surface area contributed by atoms with Crippen LogP contribution in [0.5, 0.6) is 5.75 Å². The zero-order chi connectivity index (χ0) is 19.8. The summed E-state index contributed by atoms with van der Waals surface area (Å²) >= 11 is 0. The van der Waals surface area contributed by atoms with Gasteiger partial charge in [0.05, 0.1) is 25.4 Å². The second kappa shape index (κ2) is 9.50. The van der Waals surface area contributed by atoms with Crippen LogP contribution in [0, 0.1) is 5.82 Å². The molecule has 28 heavy (non-hydrogen) atoms. The fourth-order valence-corrected chi connectivity index (χ4v) is 2.69. The van der Waals surface area contributed by atoms with Gasteiger partial charge in [0.2, 0.25) is 5.91 Å². The molecule has 6 heteroatoms. The molecule has 2 N–H and O–H groups in total. The third-order valence-electron chi connectivity index (χ3n) is 4.20. The lowest BCUT2D eigenvalue weighted by Crippen LogP contribution is -2.14. The average Bonchev–Trinajstić information content (AvgIpc) is 2.71. The smallest absolute Gasteiger partial charge is 0.228 e. The van der Waals surface area contributed by atoms with Crippen molar-refractivity contribution in [3.05, 3.63) is 83.8 Å². The summed E-state index contributed by atoms with van der Waals surface area (Å²) < 4.78 is 18.0. The van der Waals surface area contributed by atoms with Crippen LogP contribution in [0.15, 0.2) is 66.9 Å². The normalized spacial score (nSPS) is 10.4. The van der Waals surface area contributed by atoms with Crippen molar-refractivity contribution in [1.29, 1.82) is 0 Å². The van der Waals surface area contributed by atoms with Gasteiger partial charge in [-0.05, 0) is 53.9 Å². The molecule has 0 unspecified atom stereocenters. The number of nitrogens with one attached hydrogen (secondary N) is 2. The number of ether oxygens (including phenoxy) is 1. The number of pyridine rings is 1. The number of rotatable bonds is 8. The zero-order valence-electron chi connectivity index (χ0n) is 15.6. The fourth-order valence-electron chi connectivity index (χ4n) is 2.69. The molecule has 1 heterocycles. The van der Waals surface area contributed by atoms with Gasteiger partial charge in [-0.25, -0.2) is 9.37 Å². The van der Waals surface area contributed by atoms with Crippen molar-refractivity contribution in [2.75, 3.05) is 24.3 Å². The van der Waals surface area contributed by atoms with Crippen LogP contribution < -0.4 is 15.4 Å². The van der Waals surface area contributed by atoms with E-state index in [1.165, 1.54) is 12.1 Å². The largest absolute Gasteiger partial charge is 0.497 e. The molecule has 5 nitrogen and oxygen atoms in total. The Morgan fingerprint density at radius 2 is 1.71 bits per heavy atom. The Balaban J connectivity index is 1.45. The van der Waals surface area contributed by atoms with Gasteiger partial charge >= 0.3 is 0 Å². The van der Waals surface area contributed by atoms with Crippen LogP contribution in [0.3, 0.4) is 0 Å². The number of anilines is 2. The molecule has 0 aliphatic rings. The van der Waals surface area contributed by atoms with Gasteiger partial charge in [-0.2, -0.15) is 0 Å². The Morgan fingerprint density at radius 1 is 1.00 bits per heavy atom. The van der Waals surface area contributed by atoms with Gasteiger partial charge in [-0.1, -0.05) is 24.3 Å². The molecule has 0 aliphatic carbocycles. The van der Waals surface area contributed by atoms with E-state index in [0.29, 0.717) is 12.2 Å². The number of aromatic nitrogens is 1. The van der Waals surface area contributed by atoms with E-state index in [9.17, 15) is 9.18 Å². The maximum Gasteiger partial charge on any atom is 0.228 e. The highest BCUT2D eigenvalue weighted by Gasteiger charge is 2.05. The van der Waals surface area contributed by atoms with E-state index < -0.39 is 0 Å². The summed E-state index contributed by atoms with van der Waals surface area (Å²) in [4.78, 5) is 16.5. The lowest BCUT2D eigenvalue weighted by molar-refractivity contribution is -0.115. The van der Waals surface area contributed by atoms with E-state index in [1.807, 2.05) is 30.3 Å². The molecular formula is C22H22FN3O2. The Hall–Kier alpha value is -3.41. The van der Waals surface area contributed by atoms with Crippen LogP contribution in [-0.4, -0.2) is 24.5 Å². The Bertz CT molecular complexity index is 895. The molecule has 0 radical (unpaired) electrons. The standard InChI is InChI=1S/C22H22FN3O2/c1-28-20-9-4-17(5-10-20)14-22(27)26-19-8-11-21(25-15-19)24-13-12-16-2-6-18(23)7-3-16/h2-11,15H,12-14H2,1H3,(H,24,25)(H,26,27). The van der Waals surface area contributed by atoms with Gasteiger partial charge in [0.25, 0.3) is 0 Å². The van der Waals surface area contributed by atoms with Crippen LogP contribution in [-0.2, 0) is 17.6 Å². The van der Waals surface area contributed by atoms with Crippen LogP contribution in [0.2, 0.25) is 0 Å². The molecule has 0 atom stereocenters. The van der Waals surface area contributed by atoms with Gasteiger partial charge in [0, 0.05) is 6.54 Å². The van der Waals surface area contributed by atoms with E-state index in [-0.39, 0.29) is 18.1 Å². The van der Waals surface area contributed by atoms with E-state index >= 15 is 0 Å². The van der Waals surface area contributed by atoms with E-state index in [1.54, 1.807) is 31.5 Å². The predicted molar refractivity (Wildman–Crippen MR) is 108 cm³/mol. The van der Waals surface area contributed by atoms with Gasteiger partial charge in [-0.3, -0.25) is 4.79 Å². The van der Waals surface area contributed by atoms with Crippen molar-refractivity contribution < 1.29 is 13.9 Å². The SMILES string of the molecule is COc1ccc(CC(=O)Nc2ccc(NCCc3ccc(F)cc3)nc2)cc1. The summed E-state index contributed by atoms with van der Waals surface area (Å²) in [6.45, 7) is 0.682. The third kappa shape index (κ3) is 5.81. The molecule has 1 amide bonds. The van der Waals surface area contributed by atoms with Crippen LogP contribution in [0.1, 0.15) is 11.1 Å². The highest BCUT2D eigenvalue weighted by molar-refractivity contribution is 5.92. The minimum absolute atomic E-state index is 0.107. The molecule has 0 saturated heterocycles. The van der Waals surface area contributed by atoms with Crippen LogP contribution in [0.4, 0.5) is 15.9 Å². The van der Waals surface area contributed by atoms with Crippen LogP contribution >= 0.6 is 0 Å². The molecule has 0 fully saturated rings. The number of hydrogen-bond acceptors (Lipinski definition) is 4. The first kappa shape index (κ1) is 19.4. The van der Waals surface area contributed by atoms with Crippen molar-refractivity contribution in [2.24, 2.45) is 0 Å². The molecule has 0 bridgehead atoms. The van der Waals surface area contributed by atoms with Gasteiger partial charge in [-0.15, -0.1) is 0 Å². The van der Waals surface area contributed by atoms with Gasteiger partial charge in [0.15, 0.2) is 0 Å². The predicted octanol–water partition coefficient (Wildman–Crippen LogP) is 4.07. The fraction of sp³-hybridized carbons (Fsp3) is 0.182. The molecule has 3 rings (SSSR count). The molecule has 3 aromatic rings. The van der Waals surface area contributed by atoms with Crippen molar-refractivity contribution in [2.45, 2.75) is 12.8 Å². The summed E-state index contributed by atoms with van der Waals surface area (Å²) in [5.41, 5.74) is 2.60. The Kier molecular flexibility index (Phi) is 6.57. The number of amides is 1. The lowest BCUT2D eigenvalue weighted by Gasteiger charge is -2.08. The number of halogens is 1. The maximum atomic E-state index is 12.9. The average molecular weight is 379 g/mol. The quantitative estimate of drug-likeness (QED) is 0.619. The number of carbonyl (C=O) groups excluding carboxylic acids is 1. The molecule has 0 spiro atoms. The summed E-state index contributed by atoms with van der Waals surface area (Å²) in [5, 5.41) is 6.05. The number of carbonyl (C=O) groups is 1. The van der Waals surface area contributed by atoms with Crippen molar-refractivity contribution in [3.8, 4) is 5.75 Å². The number of hydrogen-bond donors (Lipinski definition) is 2. The second-order valence-electron chi connectivity index (χ2n) is 6.31. The molecule has 144 valence electrons. The maximum absolute atomic E-state index is 12.9. The molecule has 0 aliphatic heterocycles. The van der Waals surface area contributed by atoms with Gasteiger partial charge < -0.3 is 15.4 Å².